The van der Waals surface area contributed by atoms with E-state index in [0.29, 0.717) is 0 Å². The van der Waals surface area contributed by atoms with Crippen molar-refractivity contribution in [1.29, 1.82) is 0 Å². The average molecular weight is 329 g/mol. The fourth-order valence-corrected chi connectivity index (χ4v) is 3.02. The van der Waals surface area contributed by atoms with Crippen LogP contribution in [0.2, 0.25) is 0 Å². The first-order valence-electron chi connectivity index (χ1n) is 7.84. The first-order valence-corrected chi connectivity index (χ1v) is 7.84. The number of likely N-dealkylation sites (tertiary alicyclic amines) is 1. The Morgan fingerprint density at radius 2 is 1.82 bits per heavy atom. The minimum absolute atomic E-state index is 0. The van der Waals surface area contributed by atoms with Crippen molar-refractivity contribution < 1.29 is 9.47 Å². The van der Waals surface area contributed by atoms with Crippen LogP contribution in [-0.4, -0.2) is 45.8 Å². The highest BCUT2D eigenvalue weighted by atomic mass is 35.5. The van der Waals surface area contributed by atoms with Crippen molar-refractivity contribution in [2.75, 3.05) is 40.9 Å². The van der Waals surface area contributed by atoms with Crippen LogP contribution in [0.15, 0.2) is 18.2 Å². The van der Waals surface area contributed by atoms with Crippen molar-refractivity contribution in [2.45, 2.75) is 25.8 Å². The van der Waals surface area contributed by atoms with Crippen LogP contribution in [0.1, 0.15) is 24.8 Å². The van der Waals surface area contributed by atoms with Crippen molar-refractivity contribution in [3.8, 4) is 11.5 Å². The van der Waals surface area contributed by atoms with Gasteiger partial charge in [-0.3, -0.25) is 4.90 Å². The van der Waals surface area contributed by atoms with Gasteiger partial charge in [-0.2, -0.15) is 0 Å². The van der Waals surface area contributed by atoms with Gasteiger partial charge in [0.05, 0.1) is 14.2 Å². The number of ether oxygens (including phenoxy) is 2. The second-order valence-corrected chi connectivity index (χ2v) is 5.80. The molecular weight excluding hydrogens is 300 g/mol. The molecule has 0 saturated carbocycles. The second kappa shape index (κ2) is 9.93. The number of nitrogens with one attached hydrogen (secondary N) is 1. The Labute approximate surface area is 140 Å². The van der Waals surface area contributed by atoms with Crippen LogP contribution in [0, 0.1) is 5.92 Å². The van der Waals surface area contributed by atoms with Crippen LogP contribution in [0.3, 0.4) is 0 Å². The summed E-state index contributed by atoms with van der Waals surface area (Å²) in [6, 6.07) is 6.22. The van der Waals surface area contributed by atoms with Gasteiger partial charge in [-0.25, -0.2) is 0 Å². The molecule has 0 aromatic heterocycles. The van der Waals surface area contributed by atoms with Gasteiger partial charge in [0.2, 0.25) is 0 Å². The Morgan fingerprint density at radius 1 is 1.14 bits per heavy atom. The Balaban J connectivity index is 0.00000242. The van der Waals surface area contributed by atoms with E-state index in [1.807, 2.05) is 13.1 Å². The lowest BCUT2D eigenvalue weighted by molar-refractivity contribution is 0.172. The molecule has 0 spiro atoms. The first-order chi connectivity index (χ1) is 10.3. The summed E-state index contributed by atoms with van der Waals surface area (Å²) in [5.41, 5.74) is 1.29. The van der Waals surface area contributed by atoms with Gasteiger partial charge in [0, 0.05) is 6.54 Å². The lowest BCUT2D eigenvalue weighted by Gasteiger charge is -2.32. The molecule has 0 aliphatic carbocycles. The van der Waals surface area contributed by atoms with Crippen LogP contribution in [0.4, 0.5) is 0 Å². The maximum atomic E-state index is 5.38. The smallest absolute Gasteiger partial charge is 0.161 e. The number of benzene rings is 1. The molecule has 0 atom stereocenters. The molecule has 0 amide bonds. The molecule has 1 aliphatic rings. The predicted octanol–water partition coefficient (Wildman–Crippen LogP) is 2.95. The van der Waals surface area contributed by atoms with Crippen molar-refractivity contribution >= 4 is 12.4 Å². The zero-order valence-corrected chi connectivity index (χ0v) is 14.7. The van der Waals surface area contributed by atoms with Gasteiger partial charge in [0.1, 0.15) is 0 Å². The largest absolute Gasteiger partial charge is 0.493 e. The summed E-state index contributed by atoms with van der Waals surface area (Å²) < 4.78 is 10.7. The molecule has 22 heavy (non-hydrogen) atoms. The summed E-state index contributed by atoms with van der Waals surface area (Å²) in [4.78, 5) is 2.54. The molecule has 4 nitrogen and oxygen atoms in total. The van der Waals surface area contributed by atoms with E-state index in [1.165, 1.54) is 37.9 Å². The van der Waals surface area contributed by atoms with Crippen LogP contribution >= 0.6 is 12.4 Å². The number of rotatable bonds is 7. The summed E-state index contributed by atoms with van der Waals surface area (Å²) in [5, 5.41) is 3.25. The minimum Gasteiger partial charge on any atom is -0.493 e. The third-order valence-corrected chi connectivity index (χ3v) is 4.36. The standard InChI is InChI=1S/C17H28N2O2.ClH/c1-18-9-6-14-7-10-19(11-8-14)13-15-4-5-16(20-2)17(12-15)21-3;/h4-5,12,14,18H,6-11,13H2,1-3H3;1H. The van der Waals surface area contributed by atoms with Crippen LogP contribution < -0.4 is 14.8 Å². The monoisotopic (exact) mass is 328 g/mol. The van der Waals surface area contributed by atoms with Crippen LogP contribution in [0.5, 0.6) is 11.5 Å². The Kier molecular flexibility index (Phi) is 8.61. The first kappa shape index (κ1) is 19.1. The maximum absolute atomic E-state index is 5.38. The molecule has 0 unspecified atom stereocenters. The number of methoxy groups -OCH3 is 2. The Morgan fingerprint density at radius 3 is 2.41 bits per heavy atom. The maximum Gasteiger partial charge on any atom is 0.161 e. The Bertz CT molecular complexity index is 435. The molecule has 2 rings (SSSR count). The number of hydrogen-bond donors (Lipinski definition) is 1. The third kappa shape index (κ3) is 5.34. The third-order valence-electron chi connectivity index (χ3n) is 4.36. The Hall–Kier alpha value is -0.970. The summed E-state index contributed by atoms with van der Waals surface area (Å²) in [5.74, 6) is 2.50. The molecule has 1 aliphatic heterocycles. The molecule has 1 fully saturated rings. The van der Waals surface area contributed by atoms with E-state index >= 15 is 0 Å². The van der Waals surface area contributed by atoms with Gasteiger partial charge >= 0.3 is 0 Å². The van der Waals surface area contributed by atoms with Gasteiger partial charge in [0.25, 0.3) is 0 Å². The number of piperidine rings is 1. The van der Waals surface area contributed by atoms with E-state index < -0.39 is 0 Å². The van der Waals surface area contributed by atoms with Crippen LogP contribution in [-0.2, 0) is 6.54 Å². The van der Waals surface area contributed by atoms with Crippen molar-refractivity contribution in [1.82, 2.24) is 10.2 Å². The zero-order valence-electron chi connectivity index (χ0n) is 13.9. The van der Waals surface area contributed by atoms with Gasteiger partial charge < -0.3 is 14.8 Å². The molecule has 1 aromatic rings. The van der Waals surface area contributed by atoms with E-state index in [2.05, 4.69) is 22.3 Å². The quantitative estimate of drug-likeness (QED) is 0.834. The average Bonchev–Trinajstić information content (AvgIpc) is 2.54. The molecule has 1 aromatic carbocycles. The highest BCUT2D eigenvalue weighted by Gasteiger charge is 2.19. The molecule has 0 bridgehead atoms. The fraction of sp³-hybridized carbons (Fsp3) is 0.647. The van der Waals surface area contributed by atoms with Gasteiger partial charge in [-0.1, -0.05) is 6.07 Å². The molecule has 0 radical (unpaired) electrons. The minimum atomic E-state index is 0. The highest BCUT2D eigenvalue weighted by molar-refractivity contribution is 5.85. The SMILES string of the molecule is CNCCC1CCN(Cc2ccc(OC)c(OC)c2)CC1.Cl. The number of halogens is 1. The lowest BCUT2D eigenvalue weighted by Crippen LogP contribution is -2.34. The number of nitrogens with zero attached hydrogens (tertiary/aromatic N) is 1. The fourth-order valence-electron chi connectivity index (χ4n) is 3.02. The van der Waals surface area contributed by atoms with E-state index in [9.17, 15) is 0 Å². The summed E-state index contributed by atoms with van der Waals surface area (Å²) in [6.07, 6.45) is 3.94. The van der Waals surface area contributed by atoms with E-state index in [-0.39, 0.29) is 12.4 Å². The normalized spacial score (nSPS) is 16.1. The van der Waals surface area contributed by atoms with Gasteiger partial charge in [-0.15, -0.1) is 12.4 Å². The highest BCUT2D eigenvalue weighted by Crippen LogP contribution is 2.29. The molecular formula is C17H29ClN2O2. The van der Waals surface area contributed by atoms with E-state index in [1.54, 1.807) is 14.2 Å². The predicted molar refractivity (Wildman–Crippen MR) is 93.3 cm³/mol. The summed E-state index contributed by atoms with van der Waals surface area (Å²) in [6.45, 7) is 4.53. The zero-order chi connectivity index (χ0) is 15.1. The van der Waals surface area contributed by atoms with E-state index in [0.717, 1.165) is 30.5 Å². The number of hydrogen-bond acceptors (Lipinski definition) is 4. The van der Waals surface area contributed by atoms with Gasteiger partial charge in [-0.05, 0) is 69.6 Å². The van der Waals surface area contributed by atoms with Crippen molar-refractivity contribution in [3.05, 3.63) is 23.8 Å². The summed E-state index contributed by atoms with van der Waals surface area (Å²) >= 11 is 0. The lowest BCUT2D eigenvalue weighted by atomic mass is 9.93. The molecule has 126 valence electrons. The molecule has 1 heterocycles. The molecule has 5 heteroatoms. The van der Waals surface area contributed by atoms with E-state index in [4.69, 9.17) is 9.47 Å². The van der Waals surface area contributed by atoms with Crippen LogP contribution in [0.25, 0.3) is 0 Å². The van der Waals surface area contributed by atoms with Crippen molar-refractivity contribution in [3.63, 3.8) is 0 Å². The molecule has 1 saturated heterocycles. The van der Waals surface area contributed by atoms with Gasteiger partial charge in [0.15, 0.2) is 11.5 Å². The van der Waals surface area contributed by atoms with Crippen molar-refractivity contribution in [2.24, 2.45) is 5.92 Å². The second-order valence-electron chi connectivity index (χ2n) is 5.80. The topological polar surface area (TPSA) is 33.7 Å². The summed E-state index contributed by atoms with van der Waals surface area (Å²) in [7, 11) is 5.40. The molecule has 1 N–H and O–H groups in total.